The summed E-state index contributed by atoms with van der Waals surface area (Å²) in [5.74, 6) is 1.14. The van der Waals surface area contributed by atoms with Crippen molar-refractivity contribution >= 4 is 0 Å². The van der Waals surface area contributed by atoms with Crippen molar-refractivity contribution in [2.75, 3.05) is 6.54 Å². The molecule has 1 heterocycles. The fourth-order valence-electron chi connectivity index (χ4n) is 3.28. The van der Waals surface area contributed by atoms with Crippen molar-refractivity contribution in [3.8, 4) is 5.75 Å². The van der Waals surface area contributed by atoms with Crippen molar-refractivity contribution in [2.24, 2.45) is 5.41 Å². The lowest BCUT2D eigenvalue weighted by Crippen LogP contribution is -2.29. The normalized spacial score (nSPS) is 22.8. The van der Waals surface area contributed by atoms with Gasteiger partial charge in [0.25, 0.3) is 0 Å². The highest BCUT2D eigenvalue weighted by Gasteiger charge is 2.28. The molecule has 0 saturated heterocycles. The molecule has 0 spiro atoms. The second-order valence-electron chi connectivity index (χ2n) is 6.80. The summed E-state index contributed by atoms with van der Waals surface area (Å²) in [6.07, 6.45) is 6.50. The minimum absolute atomic E-state index is 0.425. The third-order valence-corrected chi connectivity index (χ3v) is 4.68. The molecule has 1 aromatic carbocycles. The van der Waals surface area contributed by atoms with Crippen LogP contribution in [0.4, 0.5) is 0 Å². The Bertz CT molecular complexity index is 443. The number of fused-ring (bicyclic) bond motifs is 1. The van der Waals surface area contributed by atoms with E-state index in [-0.39, 0.29) is 0 Å². The molecule has 1 N–H and O–H groups in total. The van der Waals surface area contributed by atoms with E-state index in [9.17, 15) is 0 Å². The highest BCUT2D eigenvalue weighted by molar-refractivity contribution is 5.41. The fraction of sp³-hybridized carbons (Fsp3) is 0.647. The van der Waals surface area contributed by atoms with Crippen LogP contribution in [0.2, 0.25) is 0 Å². The molecule has 0 amide bonds. The van der Waals surface area contributed by atoms with Crippen LogP contribution in [0, 0.1) is 5.41 Å². The molecule has 2 nitrogen and oxygen atoms in total. The zero-order valence-electron chi connectivity index (χ0n) is 12.2. The molecule has 1 aliphatic carbocycles. The first-order valence-corrected chi connectivity index (χ1v) is 7.62. The maximum Gasteiger partial charge on any atom is 0.123 e. The monoisotopic (exact) mass is 259 g/mol. The summed E-state index contributed by atoms with van der Waals surface area (Å²) in [4.78, 5) is 0. The summed E-state index contributed by atoms with van der Waals surface area (Å²) < 4.78 is 6.32. The molecule has 0 atom stereocenters. The molecular formula is C17H25NO. The molecule has 19 heavy (non-hydrogen) atoms. The van der Waals surface area contributed by atoms with Crippen LogP contribution < -0.4 is 10.1 Å². The smallest absolute Gasteiger partial charge is 0.123 e. The SMILES string of the molecule is CC1(C)CCC(Oc2cccc3c2CCNC3)CC1. The van der Waals surface area contributed by atoms with Crippen LogP contribution in [0.5, 0.6) is 5.75 Å². The van der Waals surface area contributed by atoms with Crippen molar-refractivity contribution in [2.45, 2.75) is 58.6 Å². The first-order chi connectivity index (χ1) is 9.14. The van der Waals surface area contributed by atoms with Crippen molar-refractivity contribution < 1.29 is 4.74 Å². The molecule has 3 rings (SSSR count). The fourth-order valence-corrected chi connectivity index (χ4v) is 3.28. The van der Waals surface area contributed by atoms with Gasteiger partial charge in [0.2, 0.25) is 0 Å². The maximum atomic E-state index is 6.32. The molecule has 1 aromatic rings. The summed E-state index contributed by atoms with van der Waals surface area (Å²) >= 11 is 0. The second kappa shape index (κ2) is 5.16. The van der Waals surface area contributed by atoms with E-state index in [1.807, 2.05) is 0 Å². The minimum Gasteiger partial charge on any atom is -0.490 e. The van der Waals surface area contributed by atoms with E-state index in [2.05, 4.69) is 37.4 Å². The van der Waals surface area contributed by atoms with Crippen molar-refractivity contribution in [1.29, 1.82) is 0 Å². The van der Waals surface area contributed by atoms with Crippen molar-refractivity contribution in [3.63, 3.8) is 0 Å². The maximum absolute atomic E-state index is 6.32. The number of benzene rings is 1. The summed E-state index contributed by atoms with van der Waals surface area (Å²) in [5, 5.41) is 3.43. The topological polar surface area (TPSA) is 21.3 Å². The molecule has 2 aliphatic rings. The molecule has 0 radical (unpaired) electrons. The summed E-state index contributed by atoms with van der Waals surface area (Å²) in [6.45, 7) is 6.81. The summed E-state index contributed by atoms with van der Waals surface area (Å²) in [5.41, 5.74) is 3.37. The van der Waals surface area contributed by atoms with Gasteiger partial charge in [0.1, 0.15) is 5.75 Å². The lowest BCUT2D eigenvalue weighted by atomic mass is 9.76. The van der Waals surface area contributed by atoms with E-state index >= 15 is 0 Å². The molecule has 0 bridgehead atoms. The minimum atomic E-state index is 0.425. The Kier molecular flexibility index (Phi) is 3.53. The Morgan fingerprint density at radius 3 is 2.79 bits per heavy atom. The average molecular weight is 259 g/mol. The van der Waals surface area contributed by atoms with Gasteiger partial charge in [0.05, 0.1) is 6.10 Å². The number of hydrogen-bond donors (Lipinski definition) is 1. The molecular weight excluding hydrogens is 234 g/mol. The second-order valence-corrected chi connectivity index (χ2v) is 6.80. The first-order valence-electron chi connectivity index (χ1n) is 7.62. The van der Waals surface area contributed by atoms with E-state index in [0.29, 0.717) is 11.5 Å². The highest BCUT2D eigenvalue weighted by Crippen LogP contribution is 2.37. The lowest BCUT2D eigenvalue weighted by Gasteiger charge is -2.35. The predicted molar refractivity (Wildman–Crippen MR) is 78.5 cm³/mol. The zero-order chi connectivity index (χ0) is 13.3. The van der Waals surface area contributed by atoms with Crippen LogP contribution in [0.25, 0.3) is 0 Å². The predicted octanol–water partition coefficient (Wildman–Crippen LogP) is 3.68. The van der Waals surface area contributed by atoms with E-state index in [0.717, 1.165) is 25.3 Å². The zero-order valence-corrected chi connectivity index (χ0v) is 12.2. The summed E-state index contributed by atoms with van der Waals surface area (Å²) in [7, 11) is 0. The molecule has 1 fully saturated rings. The van der Waals surface area contributed by atoms with Crippen LogP contribution in [-0.2, 0) is 13.0 Å². The molecule has 1 aliphatic heterocycles. The van der Waals surface area contributed by atoms with Crippen LogP contribution in [0.15, 0.2) is 18.2 Å². The molecule has 2 heteroatoms. The number of nitrogens with one attached hydrogen (secondary N) is 1. The third-order valence-electron chi connectivity index (χ3n) is 4.68. The molecule has 0 unspecified atom stereocenters. The number of rotatable bonds is 2. The van der Waals surface area contributed by atoms with Crippen molar-refractivity contribution in [1.82, 2.24) is 5.32 Å². The third kappa shape index (κ3) is 2.94. The Hall–Kier alpha value is -1.02. The quantitative estimate of drug-likeness (QED) is 0.875. The molecule has 0 aromatic heterocycles. The average Bonchev–Trinajstić information content (AvgIpc) is 2.42. The van der Waals surface area contributed by atoms with E-state index in [1.54, 1.807) is 0 Å². The number of hydrogen-bond acceptors (Lipinski definition) is 2. The van der Waals surface area contributed by atoms with Gasteiger partial charge in [0.15, 0.2) is 0 Å². The Labute approximate surface area is 116 Å². The van der Waals surface area contributed by atoms with Crippen LogP contribution in [0.1, 0.15) is 50.7 Å². The van der Waals surface area contributed by atoms with Crippen LogP contribution >= 0.6 is 0 Å². The van der Waals surface area contributed by atoms with E-state index < -0.39 is 0 Å². The lowest BCUT2D eigenvalue weighted by molar-refractivity contribution is 0.0977. The Morgan fingerprint density at radius 1 is 1.21 bits per heavy atom. The number of ether oxygens (including phenoxy) is 1. The van der Waals surface area contributed by atoms with E-state index in [4.69, 9.17) is 4.74 Å². The van der Waals surface area contributed by atoms with Gasteiger partial charge < -0.3 is 10.1 Å². The van der Waals surface area contributed by atoms with Gasteiger partial charge in [-0.15, -0.1) is 0 Å². The largest absolute Gasteiger partial charge is 0.490 e. The first kappa shape index (κ1) is 13.0. The molecule has 1 saturated carbocycles. The van der Waals surface area contributed by atoms with Gasteiger partial charge in [-0.3, -0.25) is 0 Å². The molecule has 104 valence electrons. The van der Waals surface area contributed by atoms with Crippen molar-refractivity contribution in [3.05, 3.63) is 29.3 Å². The van der Waals surface area contributed by atoms with Gasteiger partial charge in [-0.2, -0.15) is 0 Å². The Morgan fingerprint density at radius 2 is 2.00 bits per heavy atom. The van der Waals surface area contributed by atoms with Gasteiger partial charge in [-0.05, 0) is 61.3 Å². The standard InChI is InChI=1S/C17H25NO/c1-17(2)9-6-14(7-10-17)19-16-5-3-4-13-12-18-11-8-15(13)16/h3-5,14,18H,6-12H2,1-2H3. The van der Waals surface area contributed by atoms with Gasteiger partial charge in [-0.25, -0.2) is 0 Å². The Balaban J connectivity index is 1.70. The van der Waals surface area contributed by atoms with Gasteiger partial charge >= 0.3 is 0 Å². The van der Waals surface area contributed by atoms with E-state index in [1.165, 1.54) is 36.8 Å². The van der Waals surface area contributed by atoms with Gasteiger partial charge in [0, 0.05) is 6.54 Å². The van der Waals surface area contributed by atoms with Gasteiger partial charge in [-0.1, -0.05) is 26.0 Å². The summed E-state index contributed by atoms with van der Waals surface area (Å²) in [6, 6.07) is 6.51. The van der Waals surface area contributed by atoms with Crippen LogP contribution in [-0.4, -0.2) is 12.6 Å². The van der Waals surface area contributed by atoms with Crippen LogP contribution in [0.3, 0.4) is 0 Å². The highest BCUT2D eigenvalue weighted by atomic mass is 16.5.